The molecular formula is C20H23N5O3S. The quantitative estimate of drug-likeness (QED) is 0.519. The summed E-state index contributed by atoms with van der Waals surface area (Å²) in [6, 6.07) is 4.03. The van der Waals surface area contributed by atoms with Crippen LogP contribution < -0.4 is 16.6 Å². The van der Waals surface area contributed by atoms with Gasteiger partial charge in [-0.3, -0.25) is 18.7 Å². The van der Waals surface area contributed by atoms with E-state index in [0.29, 0.717) is 10.9 Å². The standard InChI is InChI=1S/C20H23N5O3S/c1-10-7-11(2)16(12(3)8-10)23-14(26)9-29-18-15-17(21-13(4)22-18)24(5)20(28)25(6)19(15)27/h7-8H,9H2,1-6H3,(H,23,26). The molecule has 2 aromatic heterocycles. The molecule has 0 aliphatic heterocycles. The van der Waals surface area contributed by atoms with Gasteiger partial charge in [0.1, 0.15) is 16.2 Å². The number of benzene rings is 1. The van der Waals surface area contributed by atoms with Gasteiger partial charge in [0, 0.05) is 19.8 Å². The lowest BCUT2D eigenvalue weighted by molar-refractivity contribution is -0.113. The van der Waals surface area contributed by atoms with Gasteiger partial charge < -0.3 is 5.32 Å². The summed E-state index contributed by atoms with van der Waals surface area (Å²) in [6.07, 6.45) is 0. The van der Waals surface area contributed by atoms with E-state index in [1.165, 1.54) is 11.6 Å². The van der Waals surface area contributed by atoms with Crippen molar-refractivity contribution in [3.05, 3.63) is 55.5 Å². The first-order chi connectivity index (χ1) is 13.6. The predicted octanol–water partition coefficient (Wildman–Crippen LogP) is 1.99. The number of hydrogen-bond donors (Lipinski definition) is 1. The van der Waals surface area contributed by atoms with Gasteiger partial charge in [-0.1, -0.05) is 29.5 Å². The number of amides is 1. The number of fused-ring (bicyclic) bond motifs is 1. The molecule has 9 heteroatoms. The van der Waals surface area contributed by atoms with Gasteiger partial charge in [-0.15, -0.1) is 0 Å². The molecule has 29 heavy (non-hydrogen) atoms. The number of nitrogens with one attached hydrogen (secondary N) is 1. The zero-order valence-corrected chi connectivity index (χ0v) is 18.1. The summed E-state index contributed by atoms with van der Waals surface area (Å²) in [5.41, 5.74) is 3.25. The highest BCUT2D eigenvalue weighted by molar-refractivity contribution is 8.00. The molecule has 2 heterocycles. The maximum absolute atomic E-state index is 12.6. The fourth-order valence-corrected chi connectivity index (χ4v) is 4.18. The van der Waals surface area contributed by atoms with Crippen molar-refractivity contribution in [3.63, 3.8) is 0 Å². The van der Waals surface area contributed by atoms with Crippen molar-refractivity contribution in [3.8, 4) is 0 Å². The Hall–Kier alpha value is -2.94. The van der Waals surface area contributed by atoms with E-state index in [0.717, 1.165) is 38.7 Å². The Morgan fingerprint density at radius 3 is 2.28 bits per heavy atom. The Bertz CT molecular complexity index is 1240. The van der Waals surface area contributed by atoms with Crippen LogP contribution in [0.25, 0.3) is 11.0 Å². The van der Waals surface area contributed by atoms with E-state index < -0.39 is 11.2 Å². The summed E-state index contributed by atoms with van der Waals surface area (Å²) in [5, 5.41) is 3.57. The molecule has 0 saturated carbocycles. The van der Waals surface area contributed by atoms with Crippen LogP contribution in [0.1, 0.15) is 22.5 Å². The number of aryl methyl sites for hydroxylation is 5. The van der Waals surface area contributed by atoms with Gasteiger partial charge in [-0.05, 0) is 38.8 Å². The summed E-state index contributed by atoms with van der Waals surface area (Å²) in [5.74, 6) is 0.301. The molecule has 0 aliphatic carbocycles. The zero-order valence-electron chi connectivity index (χ0n) is 17.3. The number of rotatable bonds is 4. The molecule has 0 radical (unpaired) electrons. The highest BCUT2D eigenvalue weighted by Gasteiger charge is 2.17. The smallest absolute Gasteiger partial charge is 0.325 e. The van der Waals surface area contributed by atoms with Gasteiger partial charge in [0.2, 0.25) is 5.91 Å². The molecule has 3 aromatic rings. The van der Waals surface area contributed by atoms with Crippen LogP contribution in [0.2, 0.25) is 0 Å². The predicted molar refractivity (Wildman–Crippen MR) is 115 cm³/mol. The summed E-state index contributed by atoms with van der Waals surface area (Å²) in [7, 11) is 2.97. The third-order valence-electron chi connectivity index (χ3n) is 4.66. The van der Waals surface area contributed by atoms with E-state index in [9.17, 15) is 14.4 Å². The van der Waals surface area contributed by atoms with Crippen molar-refractivity contribution in [1.82, 2.24) is 19.1 Å². The van der Waals surface area contributed by atoms with E-state index in [1.807, 2.05) is 32.9 Å². The molecule has 0 saturated heterocycles. The fraction of sp³-hybridized carbons (Fsp3) is 0.350. The molecule has 3 rings (SSSR count). The second-order valence-electron chi connectivity index (χ2n) is 7.09. The molecule has 1 N–H and O–H groups in total. The summed E-state index contributed by atoms with van der Waals surface area (Å²) in [4.78, 5) is 46.0. The van der Waals surface area contributed by atoms with Crippen LogP contribution >= 0.6 is 11.8 Å². The highest BCUT2D eigenvalue weighted by Crippen LogP contribution is 2.24. The topological polar surface area (TPSA) is 98.9 Å². The van der Waals surface area contributed by atoms with E-state index >= 15 is 0 Å². The molecule has 0 aliphatic rings. The minimum absolute atomic E-state index is 0.0737. The normalized spacial score (nSPS) is 11.1. The van der Waals surface area contributed by atoms with Gasteiger partial charge in [-0.25, -0.2) is 14.8 Å². The number of hydrogen-bond acceptors (Lipinski definition) is 6. The number of nitrogens with zero attached hydrogens (tertiary/aromatic N) is 4. The van der Waals surface area contributed by atoms with Gasteiger partial charge in [-0.2, -0.15) is 0 Å². The minimum Gasteiger partial charge on any atom is -0.325 e. The van der Waals surface area contributed by atoms with E-state index in [-0.39, 0.29) is 22.7 Å². The van der Waals surface area contributed by atoms with Crippen LogP contribution in [0.4, 0.5) is 5.69 Å². The fourth-order valence-electron chi connectivity index (χ4n) is 3.32. The van der Waals surface area contributed by atoms with Crippen LogP contribution in [0, 0.1) is 27.7 Å². The number of thioether (sulfide) groups is 1. The molecular weight excluding hydrogens is 390 g/mol. The zero-order chi connectivity index (χ0) is 21.5. The third kappa shape index (κ3) is 3.95. The Morgan fingerprint density at radius 1 is 1.03 bits per heavy atom. The van der Waals surface area contributed by atoms with Crippen LogP contribution in [0.5, 0.6) is 0 Å². The van der Waals surface area contributed by atoms with Crippen LogP contribution in [0.3, 0.4) is 0 Å². The minimum atomic E-state index is -0.476. The largest absolute Gasteiger partial charge is 0.332 e. The lowest BCUT2D eigenvalue weighted by Crippen LogP contribution is -2.37. The second-order valence-corrected chi connectivity index (χ2v) is 8.05. The Labute approximate surface area is 172 Å². The number of aromatic nitrogens is 4. The molecule has 0 unspecified atom stereocenters. The van der Waals surface area contributed by atoms with Gasteiger partial charge in [0.15, 0.2) is 5.65 Å². The van der Waals surface area contributed by atoms with Gasteiger partial charge >= 0.3 is 5.69 Å². The SMILES string of the molecule is Cc1cc(C)c(NC(=O)CSc2nc(C)nc3c2c(=O)n(C)c(=O)n3C)c(C)c1. The summed E-state index contributed by atoms with van der Waals surface area (Å²) >= 11 is 1.15. The highest BCUT2D eigenvalue weighted by atomic mass is 32.2. The van der Waals surface area contributed by atoms with Crippen molar-refractivity contribution in [2.24, 2.45) is 14.1 Å². The molecule has 152 valence electrons. The molecule has 0 bridgehead atoms. The average molecular weight is 414 g/mol. The van der Waals surface area contributed by atoms with Gasteiger partial charge in [0.05, 0.1) is 5.75 Å². The van der Waals surface area contributed by atoms with Crippen molar-refractivity contribution < 1.29 is 4.79 Å². The first-order valence-electron chi connectivity index (χ1n) is 9.05. The van der Waals surface area contributed by atoms with Crippen molar-refractivity contribution in [1.29, 1.82) is 0 Å². The third-order valence-corrected chi connectivity index (χ3v) is 5.64. The van der Waals surface area contributed by atoms with E-state index in [2.05, 4.69) is 15.3 Å². The first kappa shape index (κ1) is 20.8. The summed E-state index contributed by atoms with van der Waals surface area (Å²) in [6.45, 7) is 7.60. The molecule has 0 fully saturated rings. The number of carbonyl (C=O) groups excluding carboxylic acids is 1. The van der Waals surface area contributed by atoms with Crippen LogP contribution in [-0.4, -0.2) is 30.8 Å². The van der Waals surface area contributed by atoms with Crippen molar-refractivity contribution >= 4 is 34.4 Å². The van der Waals surface area contributed by atoms with Crippen molar-refractivity contribution in [2.75, 3.05) is 11.1 Å². The second kappa shape index (κ2) is 7.82. The average Bonchev–Trinajstić information content (AvgIpc) is 2.65. The maximum atomic E-state index is 12.6. The summed E-state index contributed by atoms with van der Waals surface area (Å²) < 4.78 is 2.33. The Balaban J connectivity index is 1.93. The maximum Gasteiger partial charge on any atom is 0.332 e. The van der Waals surface area contributed by atoms with Crippen LogP contribution in [0.15, 0.2) is 26.7 Å². The molecule has 0 spiro atoms. The number of anilines is 1. The number of carbonyl (C=O) groups is 1. The Morgan fingerprint density at radius 2 is 1.66 bits per heavy atom. The van der Waals surface area contributed by atoms with Crippen molar-refractivity contribution in [2.45, 2.75) is 32.7 Å². The Kier molecular flexibility index (Phi) is 5.61. The molecule has 1 aromatic carbocycles. The molecule has 8 nitrogen and oxygen atoms in total. The lowest BCUT2D eigenvalue weighted by atomic mass is 10.1. The van der Waals surface area contributed by atoms with E-state index in [1.54, 1.807) is 14.0 Å². The monoisotopic (exact) mass is 413 g/mol. The molecule has 1 amide bonds. The van der Waals surface area contributed by atoms with Crippen LogP contribution in [-0.2, 0) is 18.9 Å². The molecule has 0 atom stereocenters. The van der Waals surface area contributed by atoms with Gasteiger partial charge in [0.25, 0.3) is 5.56 Å². The van der Waals surface area contributed by atoms with E-state index in [4.69, 9.17) is 0 Å². The lowest BCUT2D eigenvalue weighted by Gasteiger charge is -2.13. The first-order valence-corrected chi connectivity index (χ1v) is 10.0.